The lowest BCUT2D eigenvalue weighted by Gasteiger charge is -2.44. The summed E-state index contributed by atoms with van der Waals surface area (Å²) in [7, 11) is 0. The molecule has 0 aliphatic heterocycles. The quantitative estimate of drug-likeness (QED) is 0.443. The fraction of sp³-hybridized carbons (Fsp3) is 0.333. The van der Waals surface area contributed by atoms with Gasteiger partial charge in [-0.3, -0.25) is 9.78 Å². The van der Waals surface area contributed by atoms with Gasteiger partial charge in [0.25, 0.3) is 0 Å². The smallest absolute Gasteiger partial charge is 0.163 e. The standard InChI is InChI=1S/C27H25FN4O/c28-20-7-9-22(10-8-20)32-26-18(17-30-32)14-24-25(31-26)6-3-4-19-15-23(33)11-12-27(19,24)16-21-5-1-2-13-29-21/h1-2,5,7-10,13-14,17,19H,3-4,6,11-12,15-16H2/t19-,27-/m0/s1. The lowest BCUT2D eigenvalue weighted by atomic mass is 9.59. The second-order valence-corrected chi connectivity index (χ2v) is 9.41. The third-order valence-electron chi connectivity index (χ3n) is 7.52. The summed E-state index contributed by atoms with van der Waals surface area (Å²) in [5.41, 5.74) is 4.85. The van der Waals surface area contributed by atoms with Gasteiger partial charge in [0.2, 0.25) is 0 Å². The number of nitrogens with zero attached hydrogens (tertiary/aromatic N) is 4. The van der Waals surface area contributed by atoms with E-state index in [-0.39, 0.29) is 11.2 Å². The molecule has 0 amide bonds. The molecule has 5 nitrogen and oxygen atoms in total. The molecule has 0 unspecified atom stereocenters. The average Bonchev–Trinajstić information content (AvgIpc) is 3.18. The van der Waals surface area contributed by atoms with Crippen LogP contribution < -0.4 is 0 Å². The number of Topliss-reactive ketones (excluding diaryl/α,β-unsaturated/α-hetero) is 1. The van der Waals surface area contributed by atoms with Crippen LogP contribution in [0, 0.1) is 11.7 Å². The number of ketones is 1. The van der Waals surface area contributed by atoms with Crippen molar-refractivity contribution in [2.75, 3.05) is 0 Å². The van der Waals surface area contributed by atoms with Crippen molar-refractivity contribution in [1.82, 2.24) is 19.7 Å². The zero-order chi connectivity index (χ0) is 22.4. The maximum Gasteiger partial charge on any atom is 0.163 e. The Hall–Kier alpha value is -3.41. The first-order valence-corrected chi connectivity index (χ1v) is 11.7. The number of fused-ring (bicyclic) bond motifs is 4. The minimum absolute atomic E-state index is 0.146. The van der Waals surface area contributed by atoms with Crippen LogP contribution >= 0.6 is 0 Å². The lowest BCUT2D eigenvalue weighted by Crippen LogP contribution is -2.43. The van der Waals surface area contributed by atoms with Crippen molar-refractivity contribution in [2.24, 2.45) is 5.92 Å². The fourth-order valence-electron chi connectivity index (χ4n) is 5.93. The third kappa shape index (κ3) is 3.45. The van der Waals surface area contributed by atoms with E-state index in [1.807, 2.05) is 24.5 Å². The molecule has 0 bridgehead atoms. The molecule has 166 valence electrons. The Morgan fingerprint density at radius 2 is 2.00 bits per heavy atom. The number of hydrogen-bond acceptors (Lipinski definition) is 4. The Labute approximate surface area is 191 Å². The van der Waals surface area contributed by atoms with Crippen molar-refractivity contribution in [3.63, 3.8) is 0 Å². The topological polar surface area (TPSA) is 60.7 Å². The Morgan fingerprint density at radius 3 is 2.82 bits per heavy atom. The highest BCUT2D eigenvalue weighted by atomic mass is 19.1. The summed E-state index contributed by atoms with van der Waals surface area (Å²) in [6.45, 7) is 0. The van der Waals surface area contributed by atoms with Gasteiger partial charge in [-0.15, -0.1) is 0 Å². The predicted molar refractivity (Wildman–Crippen MR) is 124 cm³/mol. The van der Waals surface area contributed by atoms with Gasteiger partial charge in [0.05, 0.1) is 11.9 Å². The molecular weight excluding hydrogens is 415 g/mol. The van der Waals surface area contributed by atoms with Crippen molar-refractivity contribution in [2.45, 2.75) is 50.4 Å². The molecule has 0 radical (unpaired) electrons. The normalized spacial score (nSPS) is 22.6. The predicted octanol–water partition coefficient (Wildman–Crippen LogP) is 5.14. The van der Waals surface area contributed by atoms with Crippen molar-refractivity contribution in [1.29, 1.82) is 0 Å². The number of halogens is 1. The monoisotopic (exact) mass is 440 g/mol. The summed E-state index contributed by atoms with van der Waals surface area (Å²) in [6.07, 6.45) is 9.50. The number of hydrogen-bond donors (Lipinski definition) is 0. The minimum Gasteiger partial charge on any atom is -0.300 e. The molecule has 33 heavy (non-hydrogen) atoms. The van der Waals surface area contributed by atoms with Crippen molar-refractivity contribution in [3.05, 3.63) is 83.7 Å². The third-order valence-corrected chi connectivity index (χ3v) is 7.52. The van der Waals surface area contributed by atoms with E-state index in [9.17, 15) is 9.18 Å². The van der Waals surface area contributed by atoms with Gasteiger partial charge in [-0.05, 0) is 86.1 Å². The van der Waals surface area contributed by atoms with Gasteiger partial charge in [0, 0.05) is 41.2 Å². The maximum absolute atomic E-state index is 13.4. The van der Waals surface area contributed by atoms with Crippen LogP contribution in [-0.2, 0) is 23.1 Å². The summed E-state index contributed by atoms with van der Waals surface area (Å²) < 4.78 is 15.2. The van der Waals surface area contributed by atoms with Crippen LogP contribution in [0.15, 0.2) is 60.9 Å². The number of rotatable bonds is 3. The lowest BCUT2D eigenvalue weighted by molar-refractivity contribution is -0.123. The number of aryl methyl sites for hydroxylation is 1. The highest BCUT2D eigenvalue weighted by molar-refractivity contribution is 5.81. The molecule has 1 fully saturated rings. The second kappa shape index (κ2) is 7.87. The molecule has 2 aliphatic rings. The van der Waals surface area contributed by atoms with Gasteiger partial charge in [0.15, 0.2) is 5.65 Å². The molecule has 3 aromatic heterocycles. The Balaban J connectivity index is 1.52. The highest BCUT2D eigenvalue weighted by Crippen LogP contribution is 2.50. The van der Waals surface area contributed by atoms with E-state index < -0.39 is 0 Å². The largest absolute Gasteiger partial charge is 0.300 e. The average molecular weight is 441 g/mol. The van der Waals surface area contributed by atoms with Crippen LogP contribution in [0.1, 0.15) is 49.1 Å². The van der Waals surface area contributed by atoms with E-state index in [4.69, 9.17) is 4.98 Å². The Morgan fingerprint density at radius 1 is 1.12 bits per heavy atom. The van der Waals surface area contributed by atoms with Gasteiger partial charge >= 0.3 is 0 Å². The molecule has 0 N–H and O–H groups in total. The number of aromatic nitrogens is 4. The van der Waals surface area contributed by atoms with Crippen LogP contribution in [-0.4, -0.2) is 25.5 Å². The number of pyridine rings is 2. The van der Waals surface area contributed by atoms with Gasteiger partial charge in [0.1, 0.15) is 11.6 Å². The zero-order valence-electron chi connectivity index (χ0n) is 18.4. The highest BCUT2D eigenvalue weighted by Gasteiger charge is 2.47. The van der Waals surface area contributed by atoms with Gasteiger partial charge in [-0.2, -0.15) is 5.10 Å². The molecule has 1 aromatic carbocycles. The molecule has 0 saturated heterocycles. The Bertz CT molecular complexity index is 1330. The summed E-state index contributed by atoms with van der Waals surface area (Å²) in [5.74, 6) is 0.401. The minimum atomic E-state index is -0.272. The summed E-state index contributed by atoms with van der Waals surface area (Å²) in [6, 6.07) is 14.6. The fourth-order valence-corrected chi connectivity index (χ4v) is 5.93. The van der Waals surface area contributed by atoms with E-state index in [1.165, 1.54) is 17.7 Å². The van der Waals surface area contributed by atoms with Crippen LogP contribution in [0.4, 0.5) is 4.39 Å². The molecule has 6 rings (SSSR count). The van der Waals surface area contributed by atoms with Crippen LogP contribution in [0.25, 0.3) is 16.7 Å². The first-order valence-electron chi connectivity index (χ1n) is 11.7. The first kappa shape index (κ1) is 20.2. The van der Waals surface area contributed by atoms with Crippen LogP contribution in [0.3, 0.4) is 0 Å². The van der Waals surface area contributed by atoms with E-state index in [0.717, 1.165) is 60.2 Å². The van der Waals surface area contributed by atoms with E-state index in [2.05, 4.69) is 22.2 Å². The SMILES string of the molecule is O=C1CC[C@@]2(Cc3ccccn3)c3cc4cnn(-c5ccc(F)cc5)c4nc3CCC[C@H]2C1. The van der Waals surface area contributed by atoms with E-state index >= 15 is 0 Å². The van der Waals surface area contributed by atoms with Gasteiger partial charge in [-0.1, -0.05) is 6.07 Å². The van der Waals surface area contributed by atoms with E-state index in [0.29, 0.717) is 24.5 Å². The molecule has 0 spiro atoms. The molecule has 1 saturated carbocycles. The molecule has 3 heterocycles. The molecule has 2 aliphatic carbocycles. The summed E-state index contributed by atoms with van der Waals surface area (Å²) >= 11 is 0. The second-order valence-electron chi connectivity index (χ2n) is 9.41. The Kier molecular flexibility index (Phi) is 4.82. The van der Waals surface area contributed by atoms with Crippen LogP contribution in [0.5, 0.6) is 0 Å². The van der Waals surface area contributed by atoms with E-state index in [1.54, 1.807) is 16.8 Å². The zero-order valence-corrected chi connectivity index (χ0v) is 18.4. The molecular formula is C27H25FN4O. The van der Waals surface area contributed by atoms with Crippen LogP contribution in [0.2, 0.25) is 0 Å². The van der Waals surface area contributed by atoms with Crippen molar-refractivity contribution >= 4 is 16.8 Å². The van der Waals surface area contributed by atoms with Gasteiger partial charge in [-0.25, -0.2) is 14.1 Å². The van der Waals surface area contributed by atoms with Crippen molar-refractivity contribution in [3.8, 4) is 5.69 Å². The number of carbonyl (C=O) groups is 1. The first-order chi connectivity index (χ1) is 16.1. The molecule has 2 atom stereocenters. The summed E-state index contributed by atoms with van der Waals surface area (Å²) in [4.78, 5) is 22.2. The molecule has 4 aromatic rings. The number of carbonyl (C=O) groups excluding carboxylic acids is 1. The van der Waals surface area contributed by atoms with Gasteiger partial charge < -0.3 is 0 Å². The maximum atomic E-state index is 13.4. The molecule has 6 heteroatoms. The van der Waals surface area contributed by atoms with Crippen molar-refractivity contribution < 1.29 is 9.18 Å². The number of benzene rings is 1. The summed E-state index contributed by atoms with van der Waals surface area (Å²) in [5, 5.41) is 5.55.